The van der Waals surface area contributed by atoms with E-state index < -0.39 is 6.67 Å². The summed E-state index contributed by atoms with van der Waals surface area (Å²) in [6, 6.07) is 19.4. The van der Waals surface area contributed by atoms with Crippen LogP contribution < -0.4 is 5.69 Å². The Morgan fingerprint density at radius 3 is 2.33 bits per heavy atom. The number of fused-ring (bicyclic) bond motifs is 1. The maximum absolute atomic E-state index is 13.8. The Balaban J connectivity index is 1.08. The van der Waals surface area contributed by atoms with E-state index in [1.165, 1.54) is 5.56 Å². The number of amides is 1. The first-order valence-corrected chi connectivity index (χ1v) is 15.4. The number of benzene rings is 2. The molecule has 0 spiro atoms. The monoisotopic (exact) mass is 585 g/mol. The highest BCUT2D eigenvalue weighted by Gasteiger charge is 2.32. The summed E-state index contributed by atoms with van der Waals surface area (Å²) in [5, 5.41) is 0. The van der Waals surface area contributed by atoms with Crippen LogP contribution in [0.2, 0.25) is 0 Å². The van der Waals surface area contributed by atoms with Crippen LogP contribution in [0.25, 0.3) is 11.0 Å². The number of aromatic nitrogens is 3. The molecular weight excluding hydrogens is 545 g/mol. The molecule has 2 aromatic heterocycles. The Kier molecular flexibility index (Phi) is 9.29. The van der Waals surface area contributed by atoms with Gasteiger partial charge >= 0.3 is 5.69 Å². The van der Waals surface area contributed by atoms with Gasteiger partial charge in [0.2, 0.25) is 5.91 Å². The van der Waals surface area contributed by atoms with Crippen molar-refractivity contribution in [2.45, 2.75) is 58.1 Å². The summed E-state index contributed by atoms with van der Waals surface area (Å²) in [7, 11) is 0. The Hall–Kier alpha value is -3.82. The van der Waals surface area contributed by atoms with Gasteiger partial charge in [0.05, 0.1) is 30.8 Å². The lowest BCUT2D eigenvalue weighted by Gasteiger charge is -2.37. The van der Waals surface area contributed by atoms with Gasteiger partial charge in [-0.15, -0.1) is 0 Å². The molecule has 2 aliphatic heterocycles. The largest absolute Gasteiger partial charge is 0.375 e. The number of carbonyl (C=O) groups is 1. The van der Waals surface area contributed by atoms with Crippen LogP contribution in [0.15, 0.2) is 77.9 Å². The Morgan fingerprint density at radius 2 is 1.60 bits per heavy atom. The second-order valence-electron chi connectivity index (χ2n) is 11.8. The molecule has 4 heterocycles. The van der Waals surface area contributed by atoms with E-state index in [1.807, 2.05) is 70.4 Å². The zero-order valence-corrected chi connectivity index (χ0v) is 24.6. The van der Waals surface area contributed by atoms with Gasteiger partial charge < -0.3 is 9.64 Å². The van der Waals surface area contributed by atoms with Gasteiger partial charge in [-0.1, -0.05) is 36.4 Å². The fourth-order valence-corrected chi connectivity index (χ4v) is 6.58. The first kappa shape index (κ1) is 29.3. The van der Waals surface area contributed by atoms with E-state index in [4.69, 9.17) is 4.74 Å². The van der Waals surface area contributed by atoms with E-state index in [0.29, 0.717) is 38.4 Å². The summed E-state index contributed by atoms with van der Waals surface area (Å²) < 4.78 is 23.0. The molecule has 2 aliphatic rings. The van der Waals surface area contributed by atoms with Crippen LogP contribution in [0, 0.1) is 5.92 Å². The lowest BCUT2D eigenvalue weighted by atomic mass is 9.93. The Bertz CT molecular complexity index is 1560. The average Bonchev–Trinajstić information content (AvgIpc) is 3.34. The number of imidazole rings is 1. The second kappa shape index (κ2) is 13.7. The van der Waals surface area contributed by atoms with E-state index in [-0.39, 0.29) is 23.6 Å². The molecule has 9 heteroatoms. The summed E-state index contributed by atoms with van der Waals surface area (Å²) in [4.78, 5) is 35.7. The number of piperidine rings is 2. The van der Waals surface area contributed by atoms with Crippen molar-refractivity contribution >= 4 is 16.9 Å². The second-order valence-corrected chi connectivity index (χ2v) is 11.8. The van der Waals surface area contributed by atoms with E-state index >= 15 is 0 Å². The number of nitrogens with zero attached hydrogens (tertiary/aromatic N) is 5. The van der Waals surface area contributed by atoms with Gasteiger partial charge in [-0.25, -0.2) is 9.18 Å². The van der Waals surface area contributed by atoms with Crippen LogP contribution in [-0.2, 0) is 35.9 Å². The zero-order chi connectivity index (χ0) is 29.6. The average molecular weight is 586 g/mol. The SMILES string of the molecule is O=C(C1CCN(Cc2ccncc2)CC1)N1CCC(n2c(=O)n(CCOCc3ccccc3)c3cc(CF)ccc32)CC1. The van der Waals surface area contributed by atoms with Crippen LogP contribution >= 0.6 is 0 Å². The van der Waals surface area contributed by atoms with Crippen LogP contribution in [0.5, 0.6) is 0 Å². The highest BCUT2D eigenvalue weighted by molar-refractivity contribution is 5.79. The molecule has 0 bridgehead atoms. The van der Waals surface area contributed by atoms with Crippen molar-refractivity contribution < 1.29 is 13.9 Å². The number of pyridine rings is 1. The van der Waals surface area contributed by atoms with Crippen molar-refractivity contribution in [1.82, 2.24) is 23.9 Å². The van der Waals surface area contributed by atoms with Crippen molar-refractivity contribution in [2.75, 3.05) is 32.8 Å². The van der Waals surface area contributed by atoms with Crippen molar-refractivity contribution in [3.63, 3.8) is 0 Å². The Morgan fingerprint density at radius 1 is 0.860 bits per heavy atom. The third kappa shape index (κ3) is 6.73. The normalized spacial score (nSPS) is 17.1. The molecular formula is C34H40FN5O3. The van der Waals surface area contributed by atoms with E-state index in [9.17, 15) is 14.0 Å². The number of halogens is 1. The van der Waals surface area contributed by atoms with E-state index in [2.05, 4.69) is 9.88 Å². The van der Waals surface area contributed by atoms with Crippen LogP contribution in [0.3, 0.4) is 0 Å². The van der Waals surface area contributed by atoms with Gasteiger partial charge in [-0.2, -0.15) is 0 Å². The quantitative estimate of drug-likeness (QED) is 0.246. The highest BCUT2D eigenvalue weighted by atomic mass is 19.1. The number of hydrogen-bond acceptors (Lipinski definition) is 5. The number of rotatable bonds is 10. The molecule has 0 unspecified atom stereocenters. The number of ether oxygens (including phenoxy) is 1. The fourth-order valence-electron chi connectivity index (χ4n) is 6.58. The number of likely N-dealkylation sites (tertiary alicyclic amines) is 2. The lowest BCUT2D eigenvalue weighted by molar-refractivity contribution is -0.138. The molecule has 1 amide bonds. The zero-order valence-electron chi connectivity index (χ0n) is 24.6. The number of hydrogen-bond donors (Lipinski definition) is 0. The summed E-state index contributed by atoms with van der Waals surface area (Å²) in [5.41, 5.74) is 4.33. The summed E-state index contributed by atoms with van der Waals surface area (Å²) >= 11 is 0. The minimum absolute atomic E-state index is 0.0102. The maximum atomic E-state index is 13.8. The van der Waals surface area contributed by atoms with Gasteiger partial charge in [0.15, 0.2) is 0 Å². The number of carbonyl (C=O) groups excluding carboxylic acids is 1. The van der Waals surface area contributed by atoms with Crippen molar-refractivity contribution in [2.24, 2.45) is 5.92 Å². The molecule has 2 saturated heterocycles. The van der Waals surface area contributed by atoms with Gasteiger partial charge in [0.1, 0.15) is 6.67 Å². The third-order valence-electron chi connectivity index (χ3n) is 8.99. The van der Waals surface area contributed by atoms with E-state index in [1.54, 1.807) is 16.7 Å². The smallest absolute Gasteiger partial charge is 0.329 e. The van der Waals surface area contributed by atoms with Crippen molar-refractivity contribution in [3.8, 4) is 0 Å². The van der Waals surface area contributed by atoms with Crippen molar-refractivity contribution in [3.05, 3.63) is 100 Å². The molecule has 0 N–H and O–H groups in total. The third-order valence-corrected chi connectivity index (χ3v) is 8.99. The van der Waals surface area contributed by atoms with Gasteiger partial charge in [0, 0.05) is 44.0 Å². The van der Waals surface area contributed by atoms with E-state index in [0.717, 1.165) is 61.9 Å². The predicted molar refractivity (Wildman–Crippen MR) is 164 cm³/mol. The topological polar surface area (TPSA) is 72.6 Å². The molecule has 8 nitrogen and oxygen atoms in total. The maximum Gasteiger partial charge on any atom is 0.329 e. The minimum atomic E-state index is -0.580. The first-order valence-electron chi connectivity index (χ1n) is 15.4. The summed E-state index contributed by atoms with van der Waals surface area (Å²) in [6.45, 7) is 4.67. The van der Waals surface area contributed by atoms with Gasteiger partial charge in [-0.3, -0.25) is 23.8 Å². The van der Waals surface area contributed by atoms with Crippen LogP contribution in [0.4, 0.5) is 4.39 Å². The summed E-state index contributed by atoms with van der Waals surface area (Å²) in [6.07, 6.45) is 6.84. The molecule has 0 radical (unpaired) electrons. The Labute approximate surface area is 251 Å². The molecule has 2 aromatic carbocycles. The molecule has 6 rings (SSSR count). The first-order chi connectivity index (χ1) is 21.1. The predicted octanol–water partition coefficient (Wildman–Crippen LogP) is 4.96. The molecule has 4 aromatic rings. The molecule has 0 aliphatic carbocycles. The lowest BCUT2D eigenvalue weighted by Crippen LogP contribution is -2.46. The molecule has 226 valence electrons. The molecule has 43 heavy (non-hydrogen) atoms. The molecule has 0 atom stereocenters. The van der Waals surface area contributed by atoms with Crippen molar-refractivity contribution in [1.29, 1.82) is 0 Å². The van der Waals surface area contributed by atoms with Crippen LogP contribution in [0.1, 0.15) is 48.4 Å². The van der Waals surface area contributed by atoms with Gasteiger partial charge in [0.25, 0.3) is 0 Å². The molecule has 2 fully saturated rings. The highest BCUT2D eigenvalue weighted by Crippen LogP contribution is 2.29. The minimum Gasteiger partial charge on any atom is -0.375 e. The van der Waals surface area contributed by atoms with Gasteiger partial charge in [-0.05, 0) is 79.7 Å². The molecule has 0 saturated carbocycles. The van der Waals surface area contributed by atoms with Crippen LogP contribution in [-0.4, -0.2) is 62.6 Å². The fraction of sp³-hybridized carbons (Fsp3) is 0.441. The standard InChI is InChI=1S/C34H40FN5O3/c35-23-28-6-7-31-32(22-28)39(20-21-43-25-27-4-2-1-3-5-27)34(42)40(31)30-12-18-38(19-13-30)33(41)29-10-16-37(17-11-29)24-26-8-14-36-15-9-26/h1-9,14-15,22,29-30H,10-13,16-21,23-25H2. The number of alkyl halides is 1. The summed E-state index contributed by atoms with van der Waals surface area (Å²) in [5.74, 6) is 0.310.